The molecule has 1 aromatic rings. The van der Waals surface area contributed by atoms with E-state index in [0.29, 0.717) is 0 Å². The topological polar surface area (TPSA) is 32.9 Å². The number of H-pyrrole nitrogens is 1. The number of nitrogens with one attached hydrogen (secondary N) is 1. The van der Waals surface area contributed by atoms with Gasteiger partial charge in [-0.25, -0.2) is 8.78 Å². The number of hydrogen-bond donors (Lipinski definition) is 1. The van der Waals surface area contributed by atoms with Gasteiger partial charge in [0.1, 0.15) is 0 Å². The summed E-state index contributed by atoms with van der Waals surface area (Å²) in [6.07, 6.45) is -2.70. The molecule has 1 N–H and O–H groups in total. The number of alkyl halides is 2. The first-order valence-electron chi connectivity index (χ1n) is 2.88. The maximum atomic E-state index is 12.2. The van der Waals surface area contributed by atoms with E-state index in [-0.39, 0.29) is 9.63 Å². The Morgan fingerprint density at radius 2 is 2.17 bits per heavy atom. The lowest BCUT2D eigenvalue weighted by atomic mass is 10.3. The summed E-state index contributed by atoms with van der Waals surface area (Å²) in [5.74, 6) is 0. The summed E-state index contributed by atoms with van der Waals surface area (Å²) in [5, 5.41) is -0.236. The molecule has 0 atom stereocenters. The Labute approximate surface area is 79.7 Å². The molecule has 6 heteroatoms. The summed E-state index contributed by atoms with van der Waals surface area (Å²) < 4.78 is 24.3. The van der Waals surface area contributed by atoms with Crippen LogP contribution in [0.4, 0.5) is 8.78 Å². The fraction of sp³-hybridized carbons (Fsp3) is 0.167. The first-order valence-corrected chi connectivity index (χ1v) is 4.06. The Balaban J connectivity index is 3.38. The molecule has 0 radical (unpaired) electrons. The zero-order valence-electron chi connectivity index (χ0n) is 5.57. The van der Waals surface area contributed by atoms with E-state index in [1.54, 1.807) is 0 Å². The van der Waals surface area contributed by atoms with E-state index < -0.39 is 17.5 Å². The van der Waals surface area contributed by atoms with Crippen molar-refractivity contribution in [3.63, 3.8) is 0 Å². The third kappa shape index (κ3) is 1.84. The minimum Gasteiger partial charge on any atom is -0.316 e. The van der Waals surface area contributed by atoms with E-state index in [9.17, 15) is 13.6 Å². The largest absolute Gasteiger partial charge is 0.316 e. The first kappa shape index (κ1) is 9.67. The average Bonchev–Trinajstić information content (AvgIpc) is 1.82. The zero-order valence-corrected chi connectivity index (χ0v) is 7.92. The molecule has 1 aromatic heterocycles. The summed E-state index contributed by atoms with van der Waals surface area (Å²) in [4.78, 5) is 12.8. The van der Waals surface area contributed by atoms with Gasteiger partial charge in [-0.3, -0.25) is 4.79 Å². The Bertz CT molecular complexity index is 326. The smallest absolute Gasteiger partial charge is 0.267 e. The molecule has 0 bridgehead atoms. The van der Waals surface area contributed by atoms with Crippen molar-refractivity contribution in [1.29, 1.82) is 0 Å². The van der Waals surface area contributed by atoms with Crippen molar-refractivity contribution >= 4 is 27.5 Å². The van der Waals surface area contributed by atoms with Crippen LogP contribution < -0.4 is 5.56 Å². The van der Waals surface area contributed by atoms with Crippen LogP contribution in [0.3, 0.4) is 0 Å². The number of rotatable bonds is 1. The minimum atomic E-state index is -2.70. The van der Waals surface area contributed by atoms with E-state index in [4.69, 9.17) is 11.6 Å². The minimum absolute atomic E-state index is 0.0741. The summed E-state index contributed by atoms with van der Waals surface area (Å²) in [6, 6.07) is 0.911. The molecule has 2 nitrogen and oxygen atoms in total. The standard InChI is InChI=1S/C6H3BrClF2NO/c7-5-4(6(9)10)2(8)1-3(12)11-5/h1,6H,(H,11,12). The van der Waals surface area contributed by atoms with Crippen molar-refractivity contribution in [2.75, 3.05) is 0 Å². The molecule has 0 spiro atoms. The predicted molar refractivity (Wildman–Crippen MR) is 44.7 cm³/mol. The number of aromatic amines is 1. The van der Waals surface area contributed by atoms with Crippen molar-refractivity contribution in [1.82, 2.24) is 4.98 Å². The maximum Gasteiger partial charge on any atom is 0.267 e. The summed E-state index contributed by atoms with van der Waals surface area (Å²) in [5.41, 5.74) is -0.910. The van der Waals surface area contributed by atoms with Gasteiger partial charge in [0.15, 0.2) is 0 Å². The van der Waals surface area contributed by atoms with Crippen LogP contribution >= 0.6 is 27.5 Å². The number of aromatic nitrogens is 1. The van der Waals surface area contributed by atoms with Gasteiger partial charge in [-0.2, -0.15) is 0 Å². The molecule has 1 heterocycles. The third-order valence-corrected chi connectivity index (χ3v) is 2.14. The second kappa shape index (κ2) is 3.53. The van der Waals surface area contributed by atoms with Gasteiger partial charge in [0.05, 0.1) is 15.2 Å². The van der Waals surface area contributed by atoms with Gasteiger partial charge >= 0.3 is 0 Å². The van der Waals surface area contributed by atoms with Crippen LogP contribution in [0, 0.1) is 0 Å². The van der Waals surface area contributed by atoms with Crippen LogP contribution in [0.25, 0.3) is 0 Å². The van der Waals surface area contributed by atoms with Gasteiger partial charge < -0.3 is 4.98 Å². The van der Waals surface area contributed by atoms with Crippen molar-refractivity contribution < 1.29 is 8.78 Å². The highest BCUT2D eigenvalue weighted by atomic mass is 79.9. The molecule has 0 aliphatic heterocycles. The van der Waals surface area contributed by atoms with Gasteiger partial charge in [0.25, 0.3) is 6.43 Å². The van der Waals surface area contributed by atoms with E-state index in [0.717, 1.165) is 6.07 Å². The second-order valence-corrected chi connectivity index (χ2v) is 3.21. The molecular formula is C6H3BrClF2NO. The fourth-order valence-corrected chi connectivity index (χ4v) is 1.68. The molecule has 1 rings (SSSR count). The van der Waals surface area contributed by atoms with Crippen LogP contribution in [0.5, 0.6) is 0 Å². The highest BCUT2D eigenvalue weighted by molar-refractivity contribution is 9.10. The van der Waals surface area contributed by atoms with Gasteiger partial charge in [-0.1, -0.05) is 11.6 Å². The normalized spacial score (nSPS) is 10.8. The quantitative estimate of drug-likeness (QED) is 0.772. The SMILES string of the molecule is O=c1cc(Cl)c(C(F)F)c(Br)[nH]1. The van der Waals surface area contributed by atoms with Crippen molar-refractivity contribution in [3.05, 3.63) is 31.6 Å². The average molecular weight is 258 g/mol. The Hall–Kier alpha value is -0.420. The Morgan fingerprint density at radius 1 is 1.58 bits per heavy atom. The van der Waals surface area contributed by atoms with Gasteiger partial charge in [0, 0.05) is 6.07 Å². The van der Waals surface area contributed by atoms with Crippen LogP contribution in [-0.2, 0) is 0 Å². The van der Waals surface area contributed by atoms with Gasteiger partial charge in [-0.15, -0.1) is 0 Å². The fourth-order valence-electron chi connectivity index (χ4n) is 0.709. The Morgan fingerprint density at radius 3 is 2.58 bits per heavy atom. The van der Waals surface area contributed by atoms with E-state index in [1.807, 2.05) is 0 Å². The molecule has 0 amide bonds. The highest BCUT2D eigenvalue weighted by Crippen LogP contribution is 2.30. The molecule has 0 saturated carbocycles. The highest BCUT2D eigenvalue weighted by Gasteiger charge is 2.16. The number of pyridine rings is 1. The molecule has 12 heavy (non-hydrogen) atoms. The number of hydrogen-bond acceptors (Lipinski definition) is 1. The molecule has 0 saturated heterocycles. The molecule has 0 aliphatic carbocycles. The second-order valence-electron chi connectivity index (χ2n) is 2.01. The molecule has 0 aromatic carbocycles. The summed E-state index contributed by atoms with van der Waals surface area (Å²) in [7, 11) is 0. The Kier molecular flexibility index (Phi) is 2.85. The summed E-state index contributed by atoms with van der Waals surface area (Å²) in [6.45, 7) is 0. The van der Waals surface area contributed by atoms with Crippen LogP contribution in [0.1, 0.15) is 12.0 Å². The predicted octanol–water partition coefficient (Wildman–Crippen LogP) is 2.73. The maximum absolute atomic E-state index is 12.2. The van der Waals surface area contributed by atoms with Gasteiger partial charge in [-0.05, 0) is 15.9 Å². The first-order chi connectivity index (χ1) is 5.52. The van der Waals surface area contributed by atoms with Crippen LogP contribution in [-0.4, -0.2) is 4.98 Å². The zero-order chi connectivity index (χ0) is 9.30. The van der Waals surface area contributed by atoms with Gasteiger partial charge in [0.2, 0.25) is 5.56 Å². The van der Waals surface area contributed by atoms with E-state index in [1.165, 1.54) is 0 Å². The van der Waals surface area contributed by atoms with Crippen LogP contribution in [0.15, 0.2) is 15.5 Å². The van der Waals surface area contributed by atoms with Crippen molar-refractivity contribution in [2.24, 2.45) is 0 Å². The number of halogens is 4. The van der Waals surface area contributed by atoms with Crippen molar-refractivity contribution in [2.45, 2.75) is 6.43 Å². The van der Waals surface area contributed by atoms with Crippen molar-refractivity contribution in [3.8, 4) is 0 Å². The third-order valence-electron chi connectivity index (χ3n) is 1.20. The lowest BCUT2D eigenvalue weighted by Crippen LogP contribution is -2.07. The van der Waals surface area contributed by atoms with E-state index >= 15 is 0 Å². The lowest BCUT2D eigenvalue weighted by Gasteiger charge is -2.03. The van der Waals surface area contributed by atoms with Crippen LogP contribution in [0.2, 0.25) is 5.02 Å². The summed E-state index contributed by atoms with van der Waals surface area (Å²) >= 11 is 8.18. The molecule has 0 unspecified atom stereocenters. The van der Waals surface area contributed by atoms with E-state index in [2.05, 4.69) is 20.9 Å². The monoisotopic (exact) mass is 257 g/mol. The molecule has 66 valence electrons. The molecule has 0 fully saturated rings. The lowest BCUT2D eigenvalue weighted by molar-refractivity contribution is 0.150. The molecule has 0 aliphatic rings. The molecular weight excluding hydrogens is 255 g/mol.